The Morgan fingerprint density at radius 2 is 1.47 bits per heavy atom. The van der Waals surface area contributed by atoms with E-state index < -0.39 is 59.4 Å². The maximum atomic E-state index is 14.4. The van der Waals surface area contributed by atoms with Crippen LogP contribution in [0.2, 0.25) is 0 Å². The highest BCUT2D eigenvalue weighted by Crippen LogP contribution is 2.34. The van der Waals surface area contributed by atoms with Crippen molar-refractivity contribution < 1.29 is 38.2 Å². The van der Waals surface area contributed by atoms with Crippen LogP contribution in [0.4, 0.5) is 0 Å². The zero-order valence-electron chi connectivity index (χ0n) is 37.8. The van der Waals surface area contributed by atoms with Gasteiger partial charge in [0.15, 0.2) is 0 Å². The molecule has 2 N–H and O–H groups in total. The minimum Gasteiger partial charge on any atom is -0.458 e. The molecule has 1 saturated heterocycles. The Hall–Kier alpha value is -3.55. The quantitative estimate of drug-likeness (QED) is 0.185. The molecule has 1 aliphatic carbocycles. The maximum Gasteiger partial charge on any atom is 0.329 e. The normalized spacial score (nSPS) is 19.8. The van der Waals surface area contributed by atoms with Crippen LogP contribution in [0.15, 0.2) is 30.3 Å². The molecule has 0 bridgehead atoms. The monoisotopic (exact) mass is 814 g/mol. The van der Waals surface area contributed by atoms with E-state index >= 15 is 0 Å². The Balaban J connectivity index is 1.84. The molecule has 2 fully saturated rings. The van der Waals surface area contributed by atoms with E-state index in [1.807, 2.05) is 77.0 Å². The van der Waals surface area contributed by atoms with Crippen LogP contribution in [0.25, 0.3) is 0 Å². The molecular formula is C45H75N5O8. The third kappa shape index (κ3) is 13.0. The van der Waals surface area contributed by atoms with Crippen molar-refractivity contribution >= 4 is 29.6 Å². The highest BCUT2D eigenvalue weighted by Gasteiger charge is 2.45. The fraction of sp³-hybridized carbons (Fsp3) is 0.756. The van der Waals surface area contributed by atoms with Gasteiger partial charge in [0.1, 0.15) is 17.7 Å². The number of hydrogen-bond donors (Lipinski definition) is 2. The maximum absolute atomic E-state index is 14.4. The second-order valence-corrected chi connectivity index (χ2v) is 18.5. The van der Waals surface area contributed by atoms with Gasteiger partial charge in [-0.1, -0.05) is 70.4 Å². The van der Waals surface area contributed by atoms with Crippen molar-refractivity contribution in [2.45, 2.75) is 161 Å². The molecule has 0 spiro atoms. The number of carbonyl (C=O) groups is 5. The number of likely N-dealkylation sites (N-methyl/N-ethyl adjacent to an activating group) is 2. The number of benzene rings is 1. The summed E-state index contributed by atoms with van der Waals surface area (Å²) in [7, 11) is 8.59. The lowest BCUT2D eigenvalue weighted by atomic mass is 9.80. The summed E-state index contributed by atoms with van der Waals surface area (Å²) in [5, 5.41) is 5.99. The van der Waals surface area contributed by atoms with Gasteiger partial charge in [-0.2, -0.15) is 0 Å². The van der Waals surface area contributed by atoms with E-state index in [0.29, 0.717) is 13.0 Å². The molecule has 0 radical (unpaired) electrons. The third-order valence-electron chi connectivity index (χ3n) is 12.3. The van der Waals surface area contributed by atoms with Crippen LogP contribution >= 0.6 is 0 Å². The SMILES string of the molecule is CO[C@H]([C@@H](C)C(=O)N[C@@H](Cc1ccccc1)C(=O)OC(C)(C)C)[C@@H]1CCCN1C(=O)C[C@@H](OC)[C@H](C1CCCCC1)N(C)C(=O)[C@@H](NC(=O)C(C)(C)N(C)C)C(C)C. The zero-order chi connectivity index (χ0) is 43.5. The van der Waals surface area contributed by atoms with Crippen LogP contribution in [0.1, 0.15) is 112 Å². The van der Waals surface area contributed by atoms with Crippen molar-refractivity contribution in [3.8, 4) is 0 Å². The van der Waals surface area contributed by atoms with Gasteiger partial charge in [-0.15, -0.1) is 0 Å². The summed E-state index contributed by atoms with van der Waals surface area (Å²) in [5.74, 6) is -2.25. The van der Waals surface area contributed by atoms with Crippen LogP contribution in [0.3, 0.4) is 0 Å². The molecule has 1 aliphatic heterocycles. The number of nitrogens with zero attached hydrogens (tertiary/aromatic N) is 3. The molecule has 13 nitrogen and oxygen atoms in total. The summed E-state index contributed by atoms with van der Waals surface area (Å²) in [6.45, 7) is 15.1. The van der Waals surface area contributed by atoms with Crippen LogP contribution in [-0.2, 0) is 44.6 Å². The smallest absolute Gasteiger partial charge is 0.329 e. The van der Waals surface area contributed by atoms with Gasteiger partial charge >= 0.3 is 5.97 Å². The number of likely N-dealkylation sites (tertiary alicyclic amines) is 1. The molecule has 4 amide bonds. The molecule has 328 valence electrons. The fourth-order valence-corrected chi connectivity index (χ4v) is 8.39. The Kier molecular flexibility index (Phi) is 18.2. The first-order chi connectivity index (χ1) is 27.1. The number of carbonyl (C=O) groups excluding carboxylic acids is 5. The topological polar surface area (TPSA) is 147 Å². The zero-order valence-corrected chi connectivity index (χ0v) is 37.8. The summed E-state index contributed by atoms with van der Waals surface area (Å²) in [6, 6.07) is 6.99. The first-order valence-electron chi connectivity index (χ1n) is 21.3. The summed E-state index contributed by atoms with van der Waals surface area (Å²) >= 11 is 0. The molecule has 2 aliphatic rings. The summed E-state index contributed by atoms with van der Waals surface area (Å²) in [6.07, 6.45) is 5.39. The van der Waals surface area contributed by atoms with Gasteiger partial charge in [-0.3, -0.25) is 24.1 Å². The van der Waals surface area contributed by atoms with Crippen LogP contribution in [0, 0.1) is 17.8 Å². The molecule has 0 aromatic heterocycles. The molecule has 13 heteroatoms. The van der Waals surface area contributed by atoms with Crippen molar-refractivity contribution in [2.75, 3.05) is 41.9 Å². The van der Waals surface area contributed by atoms with Crippen molar-refractivity contribution in [3.05, 3.63) is 35.9 Å². The van der Waals surface area contributed by atoms with Crippen molar-refractivity contribution in [1.82, 2.24) is 25.3 Å². The van der Waals surface area contributed by atoms with Gasteiger partial charge < -0.3 is 34.6 Å². The Morgan fingerprint density at radius 1 is 0.845 bits per heavy atom. The number of hydrogen-bond acceptors (Lipinski definition) is 9. The first-order valence-corrected chi connectivity index (χ1v) is 21.3. The molecule has 58 heavy (non-hydrogen) atoms. The van der Waals surface area contributed by atoms with Crippen LogP contribution in [-0.4, -0.2) is 134 Å². The molecule has 7 atom stereocenters. The van der Waals surface area contributed by atoms with Gasteiger partial charge in [0.25, 0.3) is 0 Å². The van der Waals surface area contributed by atoms with E-state index in [1.165, 1.54) is 0 Å². The average Bonchev–Trinajstić information content (AvgIpc) is 3.65. The molecule has 0 unspecified atom stereocenters. The standard InChI is InChI=1S/C45H75N5O8/c1-29(2)37(47-43(55)45(7,8)48(9)10)41(53)49(11)38(32-23-18-15-19-24-32)35(56-12)28-36(51)50-26-20-25-34(50)39(57-13)30(3)40(52)46-33(42(54)58-44(4,5)6)27-31-21-16-14-17-22-31/h14,16-17,21-22,29-30,32-35,37-39H,15,18-20,23-28H2,1-13H3,(H,46,52)(H,47,55)/t30-,33+,34+,35-,37+,38+,39-/m1/s1. The van der Waals surface area contributed by atoms with Crippen molar-refractivity contribution in [1.29, 1.82) is 0 Å². The minimum atomic E-state index is -0.919. The summed E-state index contributed by atoms with van der Waals surface area (Å²) in [5.41, 5.74) is -0.690. The Bertz CT molecular complexity index is 1510. The molecule has 1 heterocycles. The number of amides is 4. The second-order valence-electron chi connectivity index (χ2n) is 18.5. The average molecular weight is 814 g/mol. The predicted octanol–water partition coefficient (Wildman–Crippen LogP) is 4.99. The van der Waals surface area contributed by atoms with E-state index in [9.17, 15) is 24.0 Å². The largest absolute Gasteiger partial charge is 0.458 e. The molecular weight excluding hydrogens is 739 g/mol. The first kappa shape index (κ1) is 48.8. The van der Waals surface area contributed by atoms with E-state index in [2.05, 4.69) is 10.6 Å². The number of methoxy groups -OCH3 is 2. The van der Waals surface area contributed by atoms with E-state index in [4.69, 9.17) is 14.2 Å². The molecule has 1 aromatic rings. The predicted molar refractivity (Wildman–Crippen MR) is 226 cm³/mol. The third-order valence-corrected chi connectivity index (χ3v) is 12.3. The number of ether oxygens (including phenoxy) is 3. The highest BCUT2D eigenvalue weighted by atomic mass is 16.6. The van der Waals surface area contributed by atoms with Crippen LogP contribution in [0.5, 0.6) is 0 Å². The van der Waals surface area contributed by atoms with E-state index in [1.54, 1.807) is 58.8 Å². The molecule has 1 saturated carbocycles. The highest BCUT2D eigenvalue weighted by molar-refractivity contribution is 5.92. The lowest BCUT2D eigenvalue weighted by Crippen LogP contribution is -2.61. The second kappa shape index (κ2) is 21.6. The Morgan fingerprint density at radius 3 is 2.00 bits per heavy atom. The van der Waals surface area contributed by atoms with Gasteiger partial charge in [0.05, 0.1) is 42.2 Å². The van der Waals surface area contributed by atoms with Gasteiger partial charge in [0, 0.05) is 34.2 Å². The van der Waals surface area contributed by atoms with Gasteiger partial charge in [0.2, 0.25) is 23.6 Å². The molecule has 1 aromatic carbocycles. The lowest BCUT2D eigenvalue weighted by molar-refractivity contribution is -0.159. The fourth-order valence-electron chi connectivity index (χ4n) is 8.39. The van der Waals surface area contributed by atoms with Crippen LogP contribution < -0.4 is 10.6 Å². The van der Waals surface area contributed by atoms with E-state index in [0.717, 1.165) is 44.1 Å². The van der Waals surface area contributed by atoms with Gasteiger partial charge in [-0.05, 0) is 91.8 Å². The Labute approximate surface area is 348 Å². The van der Waals surface area contributed by atoms with E-state index in [-0.39, 0.29) is 48.3 Å². The van der Waals surface area contributed by atoms with Crippen molar-refractivity contribution in [3.63, 3.8) is 0 Å². The summed E-state index contributed by atoms with van der Waals surface area (Å²) < 4.78 is 17.9. The number of rotatable bonds is 19. The lowest BCUT2D eigenvalue weighted by Gasteiger charge is -2.43. The molecule has 3 rings (SSSR count). The minimum absolute atomic E-state index is 0.0347. The number of nitrogens with one attached hydrogen (secondary N) is 2. The number of esters is 1. The summed E-state index contributed by atoms with van der Waals surface area (Å²) in [4.78, 5) is 75.0. The van der Waals surface area contributed by atoms with Gasteiger partial charge in [-0.25, -0.2) is 4.79 Å². The van der Waals surface area contributed by atoms with Crippen molar-refractivity contribution in [2.24, 2.45) is 17.8 Å².